The second-order valence-corrected chi connectivity index (χ2v) is 7.58. The summed E-state index contributed by atoms with van der Waals surface area (Å²) in [4.78, 5) is 0. The number of ether oxygens (including phenoxy) is 1. The van der Waals surface area contributed by atoms with Crippen molar-refractivity contribution < 1.29 is 4.74 Å². The van der Waals surface area contributed by atoms with E-state index in [1.54, 1.807) is 18.9 Å². The normalized spacial score (nSPS) is 13.2. The van der Waals surface area contributed by atoms with Crippen LogP contribution in [0.5, 0.6) is 5.75 Å². The molecule has 1 aliphatic heterocycles. The molecule has 2 heterocycles. The first-order valence-corrected chi connectivity index (χ1v) is 10.1. The van der Waals surface area contributed by atoms with Crippen LogP contribution in [-0.4, -0.2) is 33.4 Å². The van der Waals surface area contributed by atoms with Crippen molar-refractivity contribution in [2.45, 2.75) is 11.6 Å². The maximum atomic E-state index is 5.25. The molecule has 0 bridgehead atoms. The Bertz CT molecular complexity index is 1180. The third-order valence-electron chi connectivity index (χ3n) is 4.83. The lowest BCUT2D eigenvalue weighted by Crippen LogP contribution is -2.14. The fraction of sp³-hybridized carbons (Fsp3) is 0.136. The Kier molecular flexibility index (Phi) is 4.33. The molecule has 5 nitrogen and oxygen atoms in total. The lowest BCUT2D eigenvalue weighted by molar-refractivity contribution is 0.415. The minimum absolute atomic E-state index is 0.692. The number of thioether (sulfide) groups is 1. The van der Waals surface area contributed by atoms with Crippen LogP contribution in [0.2, 0.25) is 0 Å². The van der Waals surface area contributed by atoms with E-state index in [9.17, 15) is 0 Å². The number of hydrogen-bond donors (Lipinski definition) is 0. The molecule has 0 fully saturated rings. The molecule has 0 spiro atoms. The molecule has 5 rings (SSSR count). The largest absolute Gasteiger partial charge is 0.497 e. The molecule has 0 aliphatic carbocycles. The average molecular weight is 386 g/mol. The highest BCUT2D eigenvalue weighted by Gasteiger charge is 2.20. The third-order valence-corrected chi connectivity index (χ3v) is 5.77. The summed E-state index contributed by atoms with van der Waals surface area (Å²) in [5, 5.41) is 16.9. The van der Waals surface area contributed by atoms with Gasteiger partial charge in [0, 0.05) is 12.2 Å². The molecule has 1 aromatic heterocycles. The van der Waals surface area contributed by atoms with Gasteiger partial charge in [-0.1, -0.05) is 54.2 Å². The topological polar surface area (TPSA) is 52.3 Å². The van der Waals surface area contributed by atoms with Crippen molar-refractivity contribution in [1.29, 1.82) is 0 Å². The standard InChI is InChI=1S/C22H18N4OS/c1-27-19-10-8-17(9-11-19)20-14-28-22-24-23-21(26(22)25-20)13-15-6-7-16-4-2-3-5-18(16)12-15/h2-12H,13-14H2,1H3. The maximum absolute atomic E-state index is 5.25. The minimum Gasteiger partial charge on any atom is -0.497 e. The monoisotopic (exact) mass is 386 g/mol. The second-order valence-electron chi connectivity index (χ2n) is 6.63. The number of hydrogen-bond acceptors (Lipinski definition) is 5. The van der Waals surface area contributed by atoms with Crippen LogP contribution in [-0.2, 0) is 6.42 Å². The van der Waals surface area contributed by atoms with E-state index in [2.05, 4.69) is 52.7 Å². The first-order valence-electron chi connectivity index (χ1n) is 9.07. The lowest BCUT2D eigenvalue weighted by atomic mass is 10.1. The van der Waals surface area contributed by atoms with Crippen LogP contribution in [0.25, 0.3) is 10.8 Å². The lowest BCUT2D eigenvalue weighted by Gasteiger charge is -2.14. The first-order chi connectivity index (χ1) is 13.8. The molecule has 3 aromatic carbocycles. The van der Waals surface area contributed by atoms with Crippen molar-refractivity contribution in [2.75, 3.05) is 12.9 Å². The number of methoxy groups -OCH3 is 1. The molecule has 0 saturated heterocycles. The van der Waals surface area contributed by atoms with Crippen molar-refractivity contribution in [1.82, 2.24) is 14.9 Å². The van der Waals surface area contributed by atoms with E-state index in [4.69, 9.17) is 9.84 Å². The van der Waals surface area contributed by atoms with Gasteiger partial charge >= 0.3 is 0 Å². The van der Waals surface area contributed by atoms with Crippen molar-refractivity contribution in [3.05, 3.63) is 83.7 Å². The molecular formula is C22H18N4OS. The summed E-state index contributed by atoms with van der Waals surface area (Å²) in [6.07, 6.45) is 0.692. The summed E-state index contributed by atoms with van der Waals surface area (Å²) in [5.41, 5.74) is 3.30. The third kappa shape index (κ3) is 3.16. The van der Waals surface area contributed by atoms with Gasteiger partial charge in [0.25, 0.3) is 0 Å². The zero-order valence-electron chi connectivity index (χ0n) is 15.4. The van der Waals surface area contributed by atoms with Gasteiger partial charge in [0.15, 0.2) is 5.82 Å². The molecule has 6 heteroatoms. The van der Waals surface area contributed by atoms with Gasteiger partial charge in [0.05, 0.1) is 12.8 Å². The summed E-state index contributed by atoms with van der Waals surface area (Å²) in [6.45, 7) is 0. The van der Waals surface area contributed by atoms with E-state index in [1.165, 1.54) is 16.3 Å². The molecule has 0 atom stereocenters. The highest BCUT2D eigenvalue weighted by molar-refractivity contribution is 7.99. The molecule has 0 unspecified atom stereocenters. The van der Waals surface area contributed by atoms with Gasteiger partial charge in [-0.2, -0.15) is 9.78 Å². The Morgan fingerprint density at radius 2 is 1.79 bits per heavy atom. The zero-order valence-corrected chi connectivity index (χ0v) is 16.2. The Hall–Kier alpha value is -3.12. The van der Waals surface area contributed by atoms with E-state index in [0.29, 0.717) is 6.42 Å². The Balaban J connectivity index is 1.47. The van der Waals surface area contributed by atoms with Gasteiger partial charge in [0.1, 0.15) is 5.75 Å². The Labute approximate surface area is 167 Å². The fourth-order valence-corrected chi connectivity index (χ4v) is 4.19. The van der Waals surface area contributed by atoms with Crippen LogP contribution in [0, 0.1) is 0 Å². The zero-order chi connectivity index (χ0) is 18.9. The number of nitrogens with zero attached hydrogens (tertiary/aromatic N) is 4. The van der Waals surface area contributed by atoms with Gasteiger partial charge in [-0.3, -0.25) is 0 Å². The summed E-state index contributed by atoms with van der Waals surface area (Å²) in [5.74, 6) is 2.47. The summed E-state index contributed by atoms with van der Waals surface area (Å²) in [6, 6.07) is 22.9. The molecule has 0 radical (unpaired) electrons. The number of aromatic nitrogens is 3. The molecule has 1 aliphatic rings. The van der Waals surface area contributed by atoms with E-state index < -0.39 is 0 Å². The minimum atomic E-state index is 0.692. The van der Waals surface area contributed by atoms with Gasteiger partial charge in [-0.15, -0.1) is 10.2 Å². The highest BCUT2D eigenvalue weighted by Crippen LogP contribution is 2.26. The molecule has 138 valence electrons. The first kappa shape index (κ1) is 17.0. The van der Waals surface area contributed by atoms with E-state index in [0.717, 1.165) is 33.8 Å². The number of rotatable bonds is 4. The molecular weight excluding hydrogens is 368 g/mol. The van der Waals surface area contributed by atoms with E-state index in [-0.39, 0.29) is 0 Å². The fourth-order valence-electron chi connectivity index (χ4n) is 3.33. The van der Waals surface area contributed by atoms with Crippen LogP contribution >= 0.6 is 11.8 Å². The summed E-state index contributed by atoms with van der Waals surface area (Å²) >= 11 is 1.66. The van der Waals surface area contributed by atoms with Crippen molar-refractivity contribution >= 4 is 28.2 Å². The summed E-state index contributed by atoms with van der Waals surface area (Å²) in [7, 11) is 1.67. The molecule has 0 N–H and O–H groups in total. The van der Waals surface area contributed by atoms with Crippen LogP contribution in [0.4, 0.5) is 0 Å². The predicted octanol–water partition coefficient (Wildman–Crippen LogP) is 4.39. The SMILES string of the molecule is COc1ccc(C2=Nn3c(Cc4ccc5ccccc5c4)nnc3SC2)cc1. The van der Waals surface area contributed by atoms with Gasteiger partial charge in [0.2, 0.25) is 5.16 Å². The quantitative estimate of drug-likeness (QED) is 0.522. The molecule has 4 aromatic rings. The van der Waals surface area contributed by atoms with Crippen LogP contribution < -0.4 is 4.74 Å². The van der Waals surface area contributed by atoms with E-state index >= 15 is 0 Å². The van der Waals surface area contributed by atoms with Crippen LogP contribution in [0.1, 0.15) is 17.0 Å². The van der Waals surface area contributed by atoms with Crippen molar-refractivity contribution in [3.8, 4) is 5.75 Å². The average Bonchev–Trinajstić information content (AvgIpc) is 3.16. The highest BCUT2D eigenvalue weighted by atomic mass is 32.2. The Morgan fingerprint density at radius 1 is 0.964 bits per heavy atom. The molecule has 0 saturated carbocycles. The van der Waals surface area contributed by atoms with Crippen LogP contribution in [0.15, 0.2) is 77.0 Å². The predicted molar refractivity (Wildman–Crippen MR) is 112 cm³/mol. The maximum Gasteiger partial charge on any atom is 0.212 e. The van der Waals surface area contributed by atoms with Crippen molar-refractivity contribution in [2.24, 2.45) is 5.10 Å². The van der Waals surface area contributed by atoms with Gasteiger partial charge < -0.3 is 4.74 Å². The number of benzene rings is 3. The molecule has 28 heavy (non-hydrogen) atoms. The van der Waals surface area contributed by atoms with Gasteiger partial charge in [-0.05, 0) is 46.2 Å². The Morgan fingerprint density at radius 3 is 2.61 bits per heavy atom. The summed E-state index contributed by atoms with van der Waals surface area (Å²) < 4.78 is 7.12. The van der Waals surface area contributed by atoms with Gasteiger partial charge in [-0.25, -0.2) is 0 Å². The van der Waals surface area contributed by atoms with Crippen LogP contribution in [0.3, 0.4) is 0 Å². The smallest absolute Gasteiger partial charge is 0.212 e. The van der Waals surface area contributed by atoms with Crippen molar-refractivity contribution in [3.63, 3.8) is 0 Å². The molecule has 0 amide bonds. The second kappa shape index (κ2) is 7.13. The van der Waals surface area contributed by atoms with E-state index in [1.807, 2.05) is 28.9 Å². The number of fused-ring (bicyclic) bond motifs is 2.